The van der Waals surface area contributed by atoms with Crippen molar-refractivity contribution in [3.63, 3.8) is 0 Å². The third kappa shape index (κ3) is 3.11. The molecule has 1 aromatic heterocycles. The molecule has 0 aliphatic rings. The molecule has 0 atom stereocenters. The minimum Gasteiger partial charge on any atom is -0.465 e. The molecule has 0 fully saturated rings. The maximum atomic E-state index is 11.5. The molecule has 5 heteroatoms. The number of ether oxygens (including phenoxy) is 1. The molecule has 1 heterocycles. The normalized spacial score (nSPS) is 10.3. The van der Waals surface area contributed by atoms with E-state index in [1.807, 2.05) is 0 Å². The fourth-order valence-electron chi connectivity index (χ4n) is 1.97. The maximum Gasteiger partial charge on any atom is 0.337 e. The predicted molar refractivity (Wildman–Crippen MR) is 83.2 cm³/mol. The second-order valence-corrected chi connectivity index (χ2v) is 5.37. The highest BCUT2D eigenvalue weighted by atomic mass is 32.1. The van der Waals surface area contributed by atoms with E-state index < -0.39 is 0 Å². The Morgan fingerprint density at radius 2 is 2.20 bits per heavy atom. The third-order valence-corrected chi connectivity index (χ3v) is 4.10. The molecule has 0 saturated carbocycles. The smallest absolute Gasteiger partial charge is 0.337 e. The molecule has 0 radical (unpaired) electrons. The van der Waals surface area contributed by atoms with E-state index in [1.165, 1.54) is 17.6 Å². The molecular formula is C15H18N2O2S. The molecule has 1 aromatic carbocycles. The summed E-state index contributed by atoms with van der Waals surface area (Å²) < 4.78 is 4.71. The Labute approximate surface area is 122 Å². The fourth-order valence-corrected chi connectivity index (χ4v) is 2.88. The van der Waals surface area contributed by atoms with Crippen molar-refractivity contribution in [1.29, 1.82) is 0 Å². The zero-order valence-electron chi connectivity index (χ0n) is 11.6. The van der Waals surface area contributed by atoms with Gasteiger partial charge in [-0.3, -0.25) is 0 Å². The van der Waals surface area contributed by atoms with E-state index in [1.54, 1.807) is 29.5 Å². The van der Waals surface area contributed by atoms with E-state index >= 15 is 0 Å². The van der Waals surface area contributed by atoms with Crippen LogP contribution in [-0.4, -0.2) is 13.1 Å². The number of nitrogen functional groups attached to an aromatic ring is 1. The molecule has 0 amide bonds. The van der Waals surface area contributed by atoms with Crippen LogP contribution in [0.25, 0.3) is 0 Å². The highest BCUT2D eigenvalue weighted by Gasteiger charge is 2.09. The summed E-state index contributed by atoms with van der Waals surface area (Å²) in [5.41, 5.74) is 9.13. The number of hydrogen-bond donors (Lipinski definition) is 2. The van der Waals surface area contributed by atoms with Crippen molar-refractivity contribution in [2.45, 2.75) is 19.9 Å². The molecule has 0 spiro atoms. The number of benzene rings is 1. The molecule has 0 unspecified atom stereocenters. The van der Waals surface area contributed by atoms with Gasteiger partial charge in [0.1, 0.15) is 0 Å². The number of anilines is 2. The summed E-state index contributed by atoms with van der Waals surface area (Å²) in [4.78, 5) is 12.8. The molecule has 4 nitrogen and oxygen atoms in total. The lowest BCUT2D eigenvalue weighted by Gasteiger charge is -2.11. The highest BCUT2D eigenvalue weighted by molar-refractivity contribution is 7.10. The van der Waals surface area contributed by atoms with Gasteiger partial charge in [0.25, 0.3) is 0 Å². The van der Waals surface area contributed by atoms with Gasteiger partial charge in [-0.25, -0.2) is 4.79 Å². The molecule has 106 valence electrons. The zero-order valence-corrected chi connectivity index (χ0v) is 12.4. The second kappa shape index (κ2) is 6.43. The van der Waals surface area contributed by atoms with Gasteiger partial charge in [-0.05, 0) is 41.6 Å². The molecule has 0 bridgehead atoms. The molecule has 20 heavy (non-hydrogen) atoms. The van der Waals surface area contributed by atoms with Crippen LogP contribution in [-0.2, 0) is 17.7 Å². The van der Waals surface area contributed by atoms with Crippen LogP contribution >= 0.6 is 11.3 Å². The van der Waals surface area contributed by atoms with Crippen LogP contribution in [0.4, 0.5) is 11.4 Å². The van der Waals surface area contributed by atoms with Gasteiger partial charge < -0.3 is 15.8 Å². The average molecular weight is 290 g/mol. The van der Waals surface area contributed by atoms with Crippen LogP contribution < -0.4 is 11.1 Å². The van der Waals surface area contributed by atoms with Gasteiger partial charge in [0.15, 0.2) is 0 Å². The van der Waals surface area contributed by atoms with Crippen molar-refractivity contribution in [1.82, 2.24) is 0 Å². The van der Waals surface area contributed by atoms with Gasteiger partial charge in [0.05, 0.1) is 24.0 Å². The number of nitrogens with two attached hydrogens (primary N) is 1. The monoisotopic (exact) mass is 290 g/mol. The standard InChI is InChI=1S/C15H18N2O2S/c1-3-10-6-7-20-14(10)9-17-13-8-11(15(18)19-2)4-5-12(13)16/h4-8,17H,3,9,16H2,1-2H3. The number of carbonyl (C=O) groups excluding carboxylic acids is 1. The van der Waals surface area contributed by atoms with Crippen molar-refractivity contribution in [2.24, 2.45) is 0 Å². The Hall–Kier alpha value is -2.01. The first-order valence-corrected chi connectivity index (χ1v) is 7.30. The molecular weight excluding hydrogens is 272 g/mol. The van der Waals surface area contributed by atoms with E-state index in [2.05, 4.69) is 23.7 Å². The Kier molecular flexibility index (Phi) is 4.63. The van der Waals surface area contributed by atoms with Gasteiger partial charge in [-0.2, -0.15) is 0 Å². The summed E-state index contributed by atoms with van der Waals surface area (Å²) in [6, 6.07) is 7.23. The van der Waals surface area contributed by atoms with E-state index in [9.17, 15) is 4.79 Å². The van der Waals surface area contributed by atoms with Crippen LogP contribution in [0.15, 0.2) is 29.6 Å². The summed E-state index contributed by atoms with van der Waals surface area (Å²) in [6.45, 7) is 2.84. The second-order valence-electron chi connectivity index (χ2n) is 4.37. The fraction of sp³-hybridized carbons (Fsp3) is 0.267. The van der Waals surface area contributed by atoms with E-state index in [4.69, 9.17) is 10.5 Å². The maximum absolute atomic E-state index is 11.5. The van der Waals surface area contributed by atoms with Gasteiger partial charge >= 0.3 is 5.97 Å². The van der Waals surface area contributed by atoms with Gasteiger partial charge in [0, 0.05) is 11.4 Å². The summed E-state index contributed by atoms with van der Waals surface area (Å²) in [7, 11) is 1.37. The first-order chi connectivity index (χ1) is 9.65. The van der Waals surface area contributed by atoms with Crippen LogP contribution in [0.2, 0.25) is 0 Å². The summed E-state index contributed by atoms with van der Waals surface area (Å²) >= 11 is 1.72. The number of methoxy groups -OCH3 is 1. The number of aryl methyl sites for hydroxylation is 1. The van der Waals surface area contributed by atoms with Crippen molar-refractivity contribution in [2.75, 3.05) is 18.2 Å². The number of thiophene rings is 1. The average Bonchev–Trinajstić information content (AvgIpc) is 2.93. The molecule has 2 rings (SSSR count). The quantitative estimate of drug-likeness (QED) is 0.655. The molecule has 0 saturated heterocycles. The Balaban J connectivity index is 2.14. The van der Waals surface area contributed by atoms with Crippen molar-refractivity contribution >= 4 is 28.7 Å². The first-order valence-electron chi connectivity index (χ1n) is 6.42. The van der Waals surface area contributed by atoms with Gasteiger partial charge in [-0.15, -0.1) is 11.3 Å². The zero-order chi connectivity index (χ0) is 14.5. The molecule has 3 N–H and O–H groups in total. The number of nitrogens with one attached hydrogen (secondary N) is 1. The van der Waals surface area contributed by atoms with Crippen molar-refractivity contribution < 1.29 is 9.53 Å². The van der Waals surface area contributed by atoms with Crippen LogP contribution in [0, 0.1) is 0 Å². The SMILES string of the molecule is CCc1ccsc1CNc1cc(C(=O)OC)ccc1N. The number of rotatable bonds is 5. The lowest BCUT2D eigenvalue weighted by Crippen LogP contribution is -2.06. The number of carbonyl (C=O) groups is 1. The molecule has 0 aliphatic carbocycles. The Bertz CT molecular complexity index is 608. The van der Waals surface area contributed by atoms with E-state index in [0.717, 1.165) is 12.1 Å². The summed E-state index contributed by atoms with van der Waals surface area (Å²) in [5.74, 6) is -0.363. The van der Waals surface area contributed by atoms with Gasteiger partial charge in [0.2, 0.25) is 0 Å². The number of hydrogen-bond acceptors (Lipinski definition) is 5. The number of esters is 1. The van der Waals surface area contributed by atoms with Crippen molar-refractivity contribution in [3.8, 4) is 0 Å². The van der Waals surface area contributed by atoms with Crippen LogP contribution in [0.5, 0.6) is 0 Å². The summed E-state index contributed by atoms with van der Waals surface area (Å²) in [5, 5.41) is 5.37. The minimum absolute atomic E-state index is 0.363. The first kappa shape index (κ1) is 14.4. The topological polar surface area (TPSA) is 64.3 Å². The summed E-state index contributed by atoms with van der Waals surface area (Å²) in [6.07, 6.45) is 1.01. The van der Waals surface area contributed by atoms with E-state index in [-0.39, 0.29) is 5.97 Å². The lowest BCUT2D eigenvalue weighted by atomic mass is 10.1. The van der Waals surface area contributed by atoms with Crippen molar-refractivity contribution in [3.05, 3.63) is 45.6 Å². The predicted octanol–water partition coefficient (Wildman–Crippen LogP) is 3.29. The lowest BCUT2D eigenvalue weighted by molar-refractivity contribution is 0.0601. The van der Waals surface area contributed by atoms with Gasteiger partial charge in [-0.1, -0.05) is 6.92 Å². The highest BCUT2D eigenvalue weighted by Crippen LogP contribution is 2.24. The minimum atomic E-state index is -0.363. The largest absolute Gasteiger partial charge is 0.465 e. The Morgan fingerprint density at radius 1 is 1.40 bits per heavy atom. The molecule has 0 aliphatic heterocycles. The third-order valence-electron chi connectivity index (χ3n) is 3.13. The van der Waals surface area contributed by atoms with Crippen LogP contribution in [0.3, 0.4) is 0 Å². The van der Waals surface area contributed by atoms with Crippen LogP contribution in [0.1, 0.15) is 27.7 Å². The van der Waals surface area contributed by atoms with E-state index in [0.29, 0.717) is 17.8 Å². The Morgan fingerprint density at radius 3 is 2.90 bits per heavy atom. The molecule has 2 aromatic rings.